The Morgan fingerprint density at radius 3 is 2.64 bits per heavy atom. The molecule has 1 unspecified atom stereocenters. The van der Waals surface area contributed by atoms with Crippen molar-refractivity contribution < 1.29 is 9.53 Å². The molecule has 0 amide bonds. The van der Waals surface area contributed by atoms with Crippen molar-refractivity contribution >= 4 is 6.47 Å². The third kappa shape index (κ3) is 5.74. The average molecular weight is 348 g/mol. The summed E-state index contributed by atoms with van der Waals surface area (Å²) in [6.07, 6.45) is 3.90. The molecule has 0 bridgehead atoms. The first-order valence-electron chi connectivity index (χ1n) is 8.81. The monoisotopic (exact) mass is 348 g/mol. The lowest BCUT2D eigenvalue weighted by Gasteiger charge is -2.49. The second-order valence-corrected chi connectivity index (χ2v) is 6.56. The highest BCUT2D eigenvalue weighted by Crippen LogP contribution is 2.35. The van der Waals surface area contributed by atoms with Gasteiger partial charge >= 0.3 is 0 Å². The van der Waals surface area contributed by atoms with Gasteiger partial charge in [0.2, 0.25) is 0 Å². The van der Waals surface area contributed by atoms with Crippen LogP contribution in [0.3, 0.4) is 0 Å². The number of hydrogen-bond donors (Lipinski definition) is 2. The minimum atomic E-state index is 0.0357. The lowest BCUT2D eigenvalue weighted by atomic mass is 9.89. The van der Waals surface area contributed by atoms with Crippen LogP contribution in [-0.4, -0.2) is 35.7 Å². The van der Waals surface area contributed by atoms with Gasteiger partial charge in [0.15, 0.2) is 0 Å². The van der Waals surface area contributed by atoms with Gasteiger partial charge in [-0.3, -0.25) is 14.8 Å². The number of pyridine rings is 1. The minimum absolute atomic E-state index is 0.0357. The maximum atomic E-state index is 9.18. The number of aromatic nitrogens is 1. The van der Waals surface area contributed by atoms with E-state index in [1.54, 1.807) is 6.92 Å². The van der Waals surface area contributed by atoms with Gasteiger partial charge in [-0.1, -0.05) is 13.0 Å². The molecule has 0 saturated carbocycles. The third-order valence-corrected chi connectivity index (χ3v) is 4.28. The summed E-state index contributed by atoms with van der Waals surface area (Å²) in [6.45, 7) is 11.6. The number of carbonyl (C=O) groups excluding carboxylic acids is 1. The molecule has 1 saturated heterocycles. The summed E-state index contributed by atoms with van der Waals surface area (Å²) < 4.78 is 4.15. The SMILES string of the molecule is CC/C(C)=C1\NC(c2ccccn2)CC(C)(C)N1NC.CCOC=O. The quantitative estimate of drug-likeness (QED) is 0.797. The molecule has 2 rings (SSSR count). The molecule has 1 aromatic heterocycles. The van der Waals surface area contributed by atoms with Gasteiger partial charge in [-0.05, 0) is 58.2 Å². The highest BCUT2D eigenvalue weighted by molar-refractivity contribution is 5.36. The molecular weight excluding hydrogens is 316 g/mol. The second-order valence-electron chi connectivity index (χ2n) is 6.56. The molecule has 1 fully saturated rings. The van der Waals surface area contributed by atoms with E-state index in [1.807, 2.05) is 19.3 Å². The van der Waals surface area contributed by atoms with Gasteiger partial charge in [0.25, 0.3) is 6.47 Å². The van der Waals surface area contributed by atoms with Crippen LogP contribution < -0.4 is 10.7 Å². The summed E-state index contributed by atoms with van der Waals surface area (Å²) in [7, 11) is 1.98. The van der Waals surface area contributed by atoms with Crippen molar-refractivity contribution in [3.63, 3.8) is 0 Å². The van der Waals surface area contributed by atoms with Crippen molar-refractivity contribution in [1.29, 1.82) is 0 Å². The molecule has 1 aromatic rings. The minimum Gasteiger partial charge on any atom is -0.468 e. The van der Waals surface area contributed by atoms with Crippen molar-refractivity contribution in [3.8, 4) is 0 Å². The Balaban J connectivity index is 0.000000550. The Hall–Kier alpha value is -2.08. The van der Waals surface area contributed by atoms with E-state index in [4.69, 9.17) is 0 Å². The Morgan fingerprint density at radius 1 is 1.48 bits per heavy atom. The Morgan fingerprint density at radius 2 is 2.20 bits per heavy atom. The van der Waals surface area contributed by atoms with Gasteiger partial charge in [0.1, 0.15) is 5.82 Å². The third-order valence-electron chi connectivity index (χ3n) is 4.28. The van der Waals surface area contributed by atoms with Gasteiger partial charge in [-0.25, -0.2) is 5.43 Å². The predicted octanol–water partition coefficient (Wildman–Crippen LogP) is 3.15. The number of nitrogens with one attached hydrogen (secondary N) is 2. The molecule has 1 atom stereocenters. The first kappa shape index (κ1) is 21.0. The van der Waals surface area contributed by atoms with Crippen LogP contribution >= 0.6 is 0 Å². The van der Waals surface area contributed by atoms with Gasteiger partial charge in [0, 0.05) is 13.2 Å². The number of allylic oxidation sites excluding steroid dienone is 1. The van der Waals surface area contributed by atoms with Crippen molar-refractivity contribution in [2.45, 2.75) is 59.0 Å². The smallest absolute Gasteiger partial charge is 0.293 e. The van der Waals surface area contributed by atoms with E-state index in [9.17, 15) is 4.79 Å². The molecule has 25 heavy (non-hydrogen) atoms. The highest BCUT2D eigenvalue weighted by atomic mass is 16.5. The molecule has 140 valence electrons. The molecule has 2 N–H and O–H groups in total. The van der Waals surface area contributed by atoms with Crippen LogP contribution in [0.15, 0.2) is 35.8 Å². The Bertz CT molecular complexity index is 558. The molecule has 0 aliphatic carbocycles. The summed E-state index contributed by atoms with van der Waals surface area (Å²) in [5.74, 6) is 1.18. The van der Waals surface area contributed by atoms with E-state index < -0.39 is 0 Å². The van der Waals surface area contributed by atoms with Crippen LogP contribution in [0.4, 0.5) is 0 Å². The van der Waals surface area contributed by atoms with Crippen LogP contribution in [0.5, 0.6) is 0 Å². The topological polar surface area (TPSA) is 66.5 Å². The van der Waals surface area contributed by atoms with Gasteiger partial charge in [-0.15, -0.1) is 0 Å². The molecule has 0 aromatic carbocycles. The van der Waals surface area contributed by atoms with E-state index >= 15 is 0 Å². The van der Waals surface area contributed by atoms with E-state index in [0.29, 0.717) is 13.1 Å². The highest BCUT2D eigenvalue weighted by Gasteiger charge is 2.38. The van der Waals surface area contributed by atoms with E-state index in [2.05, 4.69) is 65.3 Å². The number of carbonyl (C=O) groups is 1. The van der Waals surface area contributed by atoms with Crippen molar-refractivity contribution in [3.05, 3.63) is 41.5 Å². The van der Waals surface area contributed by atoms with Crippen molar-refractivity contribution in [2.24, 2.45) is 0 Å². The molecule has 6 nitrogen and oxygen atoms in total. The number of nitrogens with zero attached hydrogens (tertiary/aromatic N) is 2. The molecule has 1 aliphatic heterocycles. The molecule has 0 radical (unpaired) electrons. The molecule has 2 heterocycles. The van der Waals surface area contributed by atoms with Crippen LogP contribution in [0.2, 0.25) is 0 Å². The van der Waals surface area contributed by atoms with Crippen LogP contribution in [0.25, 0.3) is 0 Å². The first-order valence-corrected chi connectivity index (χ1v) is 8.81. The maximum absolute atomic E-state index is 9.18. The predicted molar refractivity (Wildman–Crippen MR) is 100 cm³/mol. The molecular formula is C19H32N4O2. The Labute approximate surface area is 151 Å². The lowest BCUT2D eigenvalue weighted by Crippen LogP contribution is -2.58. The fourth-order valence-corrected chi connectivity index (χ4v) is 2.90. The van der Waals surface area contributed by atoms with Crippen molar-refractivity contribution in [1.82, 2.24) is 20.7 Å². The van der Waals surface area contributed by atoms with Crippen molar-refractivity contribution in [2.75, 3.05) is 13.7 Å². The van der Waals surface area contributed by atoms with Gasteiger partial charge in [0.05, 0.1) is 23.9 Å². The van der Waals surface area contributed by atoms with Gasteiger partial charge in [-0.2, -0.15) is 0 Å². The second kappa shape index (κ2) is 10.0. The van der Waals surface area contributed by atoms with E-state index in [1.165, 1.54) is 11.4 Å². The Kier molecular flexibility index (Phi) is 8.41. The summed E-state index contributed by atoms with van der Waals surface area (Å²) in [5, 5.41) is 5.90. The summed E-state index contributed by atoms with van der Waals surface area (Å²) in [5.41, 5.74) is 5.82. The summed E-state index contributed by atoms with van der Waals surface area (Å²) >= 11 is 0. The first-order chi connectivity index (χ1) is 11.9. The molecule has 1 aliphatic rings. The normalized spacial score (nSPS) is 20.7. The number of ether oxygens (including phenoxy) is 1. The zero-order valence-corrected chi connectivity index (χ0v) is 16.3. The molecule has 0 spiro atoms. The summed E-state index contributed by atoms with van der Waals surface area (Å²) in [6, 6.07) is 6.37. The number of hydrogen-bond acceptors (Lipinski definition) is 6. The fourth-order valence-electron chi connectivity index (χ4n) is 2.90. The van der Waals surface area contributed by atoms with Crippen LogP contribution in [0.1, 0.15) is 59.2 Å². The fraction of sp³-hybridized carbons (Fsp3) is 0.579. The summed E-state index contributed by atoms with van der Waals surface area (Å²) in [4.78, 5) is 13.7. The largest absolute Gasteiger partial charge is 0.468 e. The number of rotatable bonds is 5. The average Bonchev–Trinajstić information content (AvgIpc) is 2.61. The zero-order valence-electron chi connectivity index (χ0n) is 16.3. The van der Waals surface area contributed by atoms with Gasteiger partial charge < -0.3 is 10.1 Å². The van der Waals surface area contributed by atoms with E-state index in [-0.39, 0.29) is 11.6 Å². The maximum Gasteiger partial charge on any atom is 0.293 e. The molecule has 6 heteroatoms. The van der Waals surface area contributed by atoms with Crippen LogP contribution in [0, 0.1) is 0 Å². The standard InChI is InChI=1S/C16H26N4.C3H6O2/c1-6-12(2)15-19-14(13-9-7-8-10-18-13)11-16(3,4)20(15)17-5;1-2-5-3-4/h7-10,14,17,19H,6,11H2,1-5H3;3H,2H2,1H3/b15-12+;. The zero-order chi connectivity index (χ0) is 18.9. The van der Waals surface area contributed by atoms with Crippen LogP contribution in [-0.2, 0) is 9.53 Å². The lowest BCUT2D eigenvalue weighted by molar-refractivity contribution is -0.128. The number of hydrazine groups is 1. The van der Waals surface area contributed by atoms with E-state index in [0.717, 1.165) is 18.5 Å².